The number of thiol groups is 1. The lowest BCUT2D eigenvalue weighted by molar-refractivity contribution is -0.154. The Morgan fingerprint density at radius 3 is 3.00 bits per heavy atom. The molecule has 0 aliphatic carbocycles. The summed E-state index contributed by atoms with van der Waals surface area (Å²) in [4.78, 5) is 23.6. The van der Waals surface area contributed by atoms with Crippen LogP contribution >= 0.6 is 12.6 Å². The maximum Gasteiger partial charge on any atom is 0.325 e. The van der Waals surface area contributed by atoms with Gasteiger partial charge in [0.2, 0.25) is 5.91 Å². The first-order valence-corrected chi connectivity index (χ1v) is 5.50. The third kappa shape index (κ3) is 3.86. The summed E-state index contributed by atoms with van der Waals surface area (Å²) in [5.74, 6) is -0.557. The highest BCUT2D eigenvalue weighted by atomic mass is 32.1. The molecule has 1 fully saturated rings. The standard InChI is InChI=1S/C10H15NO4S/c1-7(12)3-2-4-15-10(14)6-11-8(13)5-9(11)16/h2-3,7,9,12,16H,4-6H2,1H3. The molecule has 1 aliphatic heterocycles. The number of hydrogen-bond acceptors (Lipinski definition) is 5. The van der Waals surface area contributed by atoms with Crippen molar-refractivity contribution in [2.45, 2.75) is 24.8 Å². The minimum Gasteiger partial charge on any atom is -0.460 e. The number of rotatable bonds is 5. The summed E-state index contributed by atoms with van der Waals surface area (Å²) in [6.07, 6.45) is 2.89. The van der Waals surface area contributed by atoms with Gasteiger partial charge in [0.15, 0.2) is 0 Å². The largest absolute Gasteiger partial charge is 0.460 e. The number of aliphatic hydroxyl groups is 1. The van der Waals surface area contributed by atoms with Crippen LogP contribution in [-0.2, 0) is 14.3 Å². The van der Waals surface area contributed by atoms with Crippen LogP contribution in [0.1, 0.15) is 13.3 Å². The number of ether oxygens (including phenoxy) is 1. The van der Waals surface area contributed by atoms with Gasteiger partial charge in [-0.25, -0.2) is 0 Å². The Morgan fingerprint density at radius 1 is 1.81 bits per heavy atom. The zero-order valence-electron chi connectivity index (χ0n) is 9.00. The molecule has 1 amide bonds. The number of carbonyl (C=O) groups excluding carboxylic acids is 2. The van der Waals surface area contributed by atoms with Crippen LogP contribution in [0.3, 0.4) is 0 Å². The second-order valence-corrected chi connectivity index (χ2v) is 4.15. The normalized spacial score (nSPS) is 22.1. The molecule has 1 N–H and O–H groups in total. The molecule has 0 aromatic heterocycles. The van der Waals surface area contributed by atoms with Crippen molar-refractivity contribution in [1.82, 2.24) is 4.90 Å². The first-order valence-electron chi connectivity index (χ1n) is 4.98. The quantitative estimate of drug-likeness (QED) is 0.308. The van der Waals surface area contributed by atoms with E-state index >= 15 is 0 Å². The molecular formula is C10H15NO4S. The van der Waals surface area contributed by atoms with E-state index in [2.05, 4.69) is 12.6 Å². The predicted molar refractivity (Wildman–Crippen MR) is 60.9 cm³/mol. The van der Waals surface area contributed by atoms with E-state index in [1.54, 1.807) is 13.0 Å². The van der Waals surface area contributed by atoms with Gasteiger partial charge in [0.25, 0.3) is 0 Å². The Bertz CT molecular complexity index is 303. The minimum atomic E-state index is -0.558. The van der Waals surface area contributed by atoms with E-state index in [0.29, 0.717) is 6.42 Å². The molecular weight excluding hydrogens is 230 g/mol. The number of nitrogens with zero attached hydrogens (tertiary/aromatic N) is 1. The first kappa shape index (κ1) is 13.1. The van der Waals surface area contributed by atoms with Gasteiger partial charge in [0, 0.05) is 0 Å². The van der Waals surface area contributed by atoms with Crippen LogP contribution < -0.4 is 0 Å². The molecule has 0 aromatic rings. The monoisotopic (exact) mass is 245 g/mol. The molecule has 2 unspecified atom stereocenters. The lowest BCUT2D eigenvalue weighted by Crippen LogP contribution is -2.51. The Kier molecular flexibility index (Phi) is 4.82. The highest BCUT2D eigenvalue weighted by molar-refractivity contribution is 7.81. The van der Waals surface area contributed by atoms with Crippen molar-refractivity contribution < 1.29 is 19.4 Å². The lowest BCUT2D eigenvalue weighted by atomic mass is 10.2. The van der Waals surface area contributed by atoms with Gasteiger partial charge in [-0.05, 0) is 13.0 Å². The Balaban J connectivity index is 2.19. The summed E-state index contributed by atoms with van der Waals surface area (Å²) in [6, 6.07) is 0. The molecule has 1 aliphatic rings. The maximum atomic E-state index is 11.2. The van der Waals surface area contributed by atoms with Gasteiger partial charge in [-0.15, -0.1) is 0 Å². The van der Waals surface area contributed by atoms with Crippen LogP contribution in [0, 0.1) is 0 Å². The fraction of sp³-hybridized carbons (Fsp3) is 0.600. The summed E-state index contributed by atoms with van der Waals surface area (Å²) >= 11 is 4.10. The third-order valence-electron chi connectivity index (χ3n) is 2.09. The van der Waals surface area contributed by atoms with Crippen molar-refractivity contribution >= 4 is 24.5 Å². The molecule has 0 bridgehead atoms. The van der Waals surface area contributed by atoms with Gasteiger partial charge in [-0.2, -0.15) is 12.6 Å². The molecule has 5 nitrogen and oxygen atoms in total. The Labute approximate surface area is 99.5 Å². The van der Waals surface area contributed by atoms with Crippen molar-refractivity contribution in [3.05, 3.63) is 12.2 Å². The zero-order chi connectivity index (χ0) is 12.1. The second kappa shape index (κ2) is 5.91. The fourth-order valence-electron chi connectivity index (χ4n) is 1.21. The Hall–Kier alpha value is -1.01. The average molecular weight is 245 g/mol. The molecule has 1 saturated heterocycles. The van der Waals surface area contributed by atoms with Crippen molar-refractivity contribution in [1.29, 1.82) is 0 Å². The molecule has 0 saturated carbocycles. The van der Waals surface area contributed by atoms with Crippen molar-refractivity contribution in [2.75, 3.05) is 13.2 Å². The number of hydrogen-bond donors (Lipinski definition) is 2. The molecule has 0 radical (unpaired) electrons. The van der Waals surface area contributed by atoms with E-state index in [-0.39, 0.29) is 24.4 Å². The van der Waals surface area contributed by atoms with E-state index in [1.165, 1.54) is 11.0 Å². The van der Waals surface area contributed by atoms with Gasteiger partial charge in [0.05, 0.1) is 17.9 Å². The molecule has 1 rings (SSSR count). The van der Waals surface area contributed by atoms with Crippen molar-refractivity contribution in [2.24, 2.45) is 0 Å². The van der Waals surface area contributed by atoms with Crippen LogP contribution in [0.2, 0.25) is 0 Å². The predicted octanol–water partition coefficient (Wildman–Crippen LogP) is -0.0452. The average Bonchev–Trinajstić information content (AvgIpc) is 2.21. The van der Waals surface area contributed by atoms with Gasteiger partial charge in [-0.3, -0.25) is 9.59 Å². The zero-order valence-corrected chi connectivity index (χ0v) is 9.89. The van der Waals surface area contributed by atoms with Crippen LogP contribution in [0.25, 0.3) is 0 Å². The molecule has 0 aromatic carbocycles. The van der Waals surface area contributed by atoms with Gasteiger partial charge >= 0.3 is 5.97 Å². The smallest absolute Gasteiger partial charge is 0.325 e. The van der Waals surface area contributed by atoms with Gasteiger partial charge < -0.3 is 14.7 Å². The molecule has 90 valence electrons. The van der Waals surface area contributed by atoms with E-state index < -0.39 is 12.1 Å². The molecule has 2 atom stereocenters. The molecule has 6 heteroatoms. The first-order chi connectivity index (χ1) is 7.50. The summed E-state index contributed by atoms with van der Waals surface area (Å²) in [5.41, 5.74) is 0. The van der Waals surface area contributed by atoms with E-state index in [9.17, 15) is 9.59 Å². The topological polar surface area (TPSA) is 66.8 Å². The molecule has 1 heterocycles. The second-order valence-electron chi connectivity index (χ2n) is 3.56. The van der Waals surface area contributed by atoms with Crippen LogP contribution in [0.15, 0.2) is 12.2 Å². The number of likely N-dealkylation sites (tertiary alicyclic amines) is 1. The highest BCUT2D eigenvalue weighted by Crippen LogP contribution is 2.21. The van der Waals surface area contributed by atoms with Crippen molar-refractivity contribution in [3.63, 3.8) is 0 Å². The molecule has 16 heavy (non-hydrogen) atoms. The number of aliphatic hydroxyl groups excluding tert-OH is 1. The van der Waals surface area contributed by atoms with Gasteiger partial charge in [0.1, 0.15) is 13.2 Å². The van der Waals surface area contributed by atoms with Crippen LogP contribution in [-0.4, -0.2) is 46.5 Å². The lowest BCUT2D eigenvalue weighted by Gasteiger charge is -2.36. The number of carbonyl (C=O) groups is 2. The van der Waals surface area contributed by atoms with Crippen LogP contribution in [0.5, 0.6) is 0 Å². The number of β-lactam (4-membered cyclic amide) rings is 1. The van der Waals surface area contributed by atoms with E-state index in [1.807, 2.05) is 0 Å². The number of esters is 1. The summed E-state index contributed by atoms with van der Waals surface area (Å²) in [6.45, 7) is 1.64. The minimum absolute atomic E-state index is 0.0600. The summed E-state index contributed by atoms with van der Waals surface area (Å²) in [7, 11) is 0. The van der Waals surface area contributed by atoms with Crippen molar-refractivity contribution in [3.8, 4) is 0 Å². The fourth-order valence-corrected chi connectivity index (χ4v) is 1.58. The van der Waals surface area contributed by atoms with Gasteiger partial charge in [-0.1, -0.05) is 6.08 Å². The number of amides is 1. The highest BCUT2D eigenvalue weighted by Gasteiger charge is 2.34. The Morgan fingerprint density at radius 2 is 2.50 bits per heavy atom. The van der Waals surface area contributed by atoms with Crippen LogP contribution in [0.4, 0.5) is 0 Å². The maximum absolute atomic E-state index is 11.2. The molecule has 0 spiro atoms. The summed E-state index contributed by atoms with van der Waals surface area (Å²) < 4.78 is 4.83. The third-order valence-corrected chi connectivity index (χ3v) is 2.55. The van der Waals surface area contributed by atoms with E-state index in [0.717, 1.165) is 0 Å². The summed E-state index contributed by atoms with van der Waals surface area (Å²) in [5, 5.41) is 8.72. The van der Waals surface area contributed by atoms with E-state index in [4.69, 9.17) is 9.84 Å². The SMILES string of the molecule is CC(O)C=CCOC(=O)CN1C(=O)CC1S.